The van der Waals surface area contributed by atoms with Crippen molar-refractivity contribution in [1.82, 2.24) is 4.98 Å². The van der Waals surface area contributed by atoms with E-state index in [1.54, 1.807) is 17.4 Å². The number of hydrogen-bond donors (Lipinski definition) is 1. The molecule has 1 aromatic heterocycles. The van der Waals surface area contributed by atoms with Crippen LogP contribution in [0.3, 0.4) is 0 Å². The summed E-state index contributed by atoms with van der Waals surface area (Å²) in [6.45, 7) is 8.81. The second kappa shape index (κ2) is 6.70. The first-order valence-corrected chi connectivity index (χ1v) is 7.65. The van der Waals surface area contributed by atoms with Crippen molar-refractivity contribution in [2.45, 2.75) is 27.3 Å². The van der Waals surface area contributed by atoms with Gasteiger partial charge in [-0.25, -0.2) is 9.37 Å². The highest BCUT2D eigenvalue weighted by Crippen LogP contribution is 2.24. The monoisotopic (exact) mass is 293 g/mol. The summed E-state index contributed by atoms with van der Waals surface area (Å²) in [7, 11) is 0. The molecule has 1 N–H and O–H groups in total. The van der Waals surface area contributed by atoms with E-state index in [1.165, 1.54) is 17.0 Å². The van der Waals surface area contributed by atoms with Crippen LogP contribution in [0.5, 0.6) is 0 Å². The van der Waals surface area contributed by atoms with Gasteiger partial charge in [0.25, 0.3) is 0 Å². The van der Waals surface area contributed by atoms with Gasteiger partial charge in [0.2, 0.25) is 0 Å². The third kappa shape index (κ3) is 3.48. The number of thiazole rings is 1. The predicted molar refractivity (Wildman–Crippen MR) is 84.1 cm³/mol. The zero-order valence-corrected chi connectivity index (χ0v) is 12.9. The largest absolute Gasteiger partial charge is 0.380 e. The van der Waals surface area contributed by atoms with E-state index in [2.05, 4.69) is 29.0 Å². The standard InChI is InChI=1S/C15H20FN3S/c1-4-19(5-2)15-18-10-13(20-15)9-17-14-7-6-12(16)8-11(14)3/h6-8,10,17H,4-5,9H2,1-3H3. The van der Waals surface area contributed by atoms with Gasteiger partial charge in [-0.15, -0.1) is 11.3 Å². The predicted octanol–water partition coefficient (Wildman–Crippen LogP) is 4.05. The van der Waals surface area contributed by atoms with Gasteiger partial charge >= 0.3 is 0 Å². The fourth-order valence-electron chi connectivity index (χ4n) is 2.03. The van der Waals surface area contributed by atoms with Crippen LogP contribution in [0, 0.1) is 12.7 Å². The van der Waals surface area contributed by atoms with E-state index in [0.29, 0.717) is 6.54 Å². The van der Waals surface area contributed by atoms with E-state index in [1.807, 2.05) is 13.1 Å². The zero-order valence-electron chi connectivity index (χ0n) is 12.1. The summed E-state index contributed by atoms with van der Waals surface area (Å²) in [6.07, 6.45) is 1.91. The molecule has 0 aliphatic rings. The SMILES string of the molecule is CCN(CC)c1ncc(CNc2ccc(F)cc2C)s1. The Morgan fingerprint density at radius 3 is 2.70 bits per heavy atom. The molecule has 0 atom stereocenters. The molecule has 108 valence electrons. The van der Waals surface area contributed by atoms with Crippen molar-refractivity contribution >= 4 is 22.2 Å². The molecule has 2 aromatic rings. The summed E-state index contributed by atoms with van der Waals surface area (Å²) < 4.78 is 13.0. The van der Waals surface area contributed by atoms with Crippen LogP contribution in [0.2, 0.25) is 0 Å². The lowest BCUT2D eigenvalue weighted by Crippen LogP contribution is -2.21. The Morgan fingerprint density at radius 1 is 1.30 bits per heavy atom. The normalized spacial score (nSPS) is 10.6. The molecule has 0 saturated heterocycles. The lowest BCUT2D eigenvalue weighted by Gasteiger charge is -2.16. The molecular formula is C15H20FN3S. The van der Waals surface area contributed by atoms with Crippen molar-refractivity contribution in [3.8, 4) is 0 Å². The van der Waals surface area contributed by atoms with E-state index >= 15 is 0 Å². The number of nitrogens with one attached hydrogen (secondary N) is 1. The van der Waals surface area contributed by atoms with Gasteiger partial charge in [0.15, 0.2) is 5.13 Å². The van der Waals surface area contributed by atoms with Crippen LogP contribution in [0.1, 0.15) is 24.3 Å². The molecule has 1 aromatic carbocycles. The zero-order chi connectivity index (χ0) is 14.5. The van der Waals surface area contributed by atoms with Crippen LogP contribution in [0.25, 0.3) is 0 Å². The van der Waals surface area contributed by atoms with Crippen molar-refractivity contribution < 1.29 is 4.39 Å². The third-order valence-electron chi connectivity index (χ3n) is 3.22. The minimum absolute atomic E-state index is 0.199. The Kier molecular flexibility index (Phi) is 4.95. The number of nitrogens with zero attached hydrogens (tertiary/aromatic N) is 2. The lowest BCUT2D eigenvalue weighted by atomic mass is 10.2. The van der Waals surface area contributed by atoms with Crippen LogP contribution >= 0.6 is 11.3 Å². The molecule has 3 nitrogen and oxygen atoms in total. The molecule has 0 saturated carbocycles. The van der Waals surface area contributed by atoms with Crippen molar-refractivity contribution in [3.63, 3.8) is 0 Å². The number of aromatic nitrogens is 1. The van der Waals surface area contributed by atoms with Gasteiger partial charge in [0.05, 0.1) is 6.54 Å². The fourth-order valence-corrected chi connectivity index (χ4v) is 3.00. The highest BCUT2D eigenvalue weighted by molar-refractivity contribution is 7.15. The molecule has 1 heterocycles. The van der Waals surface area contributed by atoms with Crippen molar-refractivity contribution in [1.29, 1.82) is 0 Å². The summed E-state index contributed by atoms with van der Waals surface area (Å²) in [5, 5.41) is 4.39. The topological polar surface area (TPSA) is 28.2 Å². The number of aryl methyl sites for hydroxylation is 1. The Morgan fingerprint density at radius 2 is 2.05 bits per heavy atom. The van der Waals surface area contributed by atoms with Crippen LogP contribution in [0.4, 0.5) is 15.2 Å². The van der Waals surface area contributed by atoms with Gasteiger partial charge in [0.1, 0.15) is 5.82 Å². The molecule has 20 heavy (non-hydrogen) atoms. The van der Waals surface area contributed by atoms with Gasteiger partial charge in [-0.1, -0.05) is 0 Å². The highest BCUT2D eigenvalue weighted by atomic mass is 32.1. The van der Waals surface area contributed by atoms with Gasteiger partial charge in [-0.05, 0) is 44.5 Å². The highest BCUT2D eigenvalue weighted by Gasteiger charge is 2.08. The first kappa shape index (κ1) is 14.8. The van der Waals surface area contributed by atoms with E-state index in [-0.39, 0.29) is 5.82 Å². The average Bonchev–Trinajstić information content (AvgIpc) is 2.88. The second-order valence-corrected chi connectivity index (χ2v) is 5.69. The van der Waals surface area contributed by atoms with Crippen LogP contribution < -0.4 is 10.2 Å². The molecule has 0 unspecified atom stereocenters. The molecule has 5 heteroatoms. The summed E-state index contributed by atoms with van der Waals surface area (Å²) in [4.78, 5) is 7.86. The first-order valence-electron chi connectivity index (χ1n) is 6.83. The molecule has 0 fully saturated rings. The maximum atomic E-state index is 13.0. The lowest BCUT2D eigenvalue weighted by molar-refractivity contribution is 0.627. The molecule has 2 rings (SSSR count). The van der Waals surface area contributed by atoms with Gasteiger partial charge in [0, 0.05) is 29.9 Å². The molecule has 0 spiro atoms. The Hall–Kier alpha value is -1.62. The van der Waals surface area contributed by atoms with E-state index < -0.39 is 0 Å². The van der Waals surface area contributed by atoms with Gasteiger partial charge in [-0.3, -0.25) is 0 Å². The number of halogens is 1. The third-order valence-corrected chi connectivity index (χ3v) is 4.27. The number of rotatable bonds is 6. The maximum absolute atomic E-state index is 13.0. The molecular weight excluding hydrogens is 273 g/mol. The Balaban J connectivity index is 2.00. The number of anilines is 2. The van der Waals surface area contributed by atoms with E-state index in [0.717, 1.165) is 29.5 Å². The van der Waals surface area contributed by atoms with Crippen molar-refractivity contribution in [2.75, 3.05) is 23.3 Å². The van der Waals surface area contributed by atoms with Crippen molar-refractivity contribution in [3.05, 3.63) is 40.7 Å². The van der Waals surface area contributed by atoms with Crippen LogP contribution in [-0.2, 0) is 6.54 Å². The van der Waals surface area contributed by atoms with E-state index in [9.17, 15) is 4.39 Å². The smallest absolute Gasteiger partial charge is 0.185 e. The molecule has 0 bridgehead atoms. The van der Waals surface area contributed by atoms with Gasteiger partial charge < -0.3 is 10.2 Å². The summed E-state index contributed by atoms with van der Waals surface area (Å²) in [5.74, 6) is -0.199. The summed E-state index contributed by atoms with van der Waals surface area (Å²) in [6, 6.07) is 4.79. The minimum Gasteiger partial charge on any atom is -0.380 e. The first-order chi connectivity index (χ1) is 9.63. The number of hydrogen-bond acceptors (Lipinski definition) is 4. The summed E-state index contributed by atoms with van der Waals surface area (Å²) in [5.41, 5.74) is 1.88. The second-order valence-electron chi connectivity index (χ2n) is 4.59. The number of benzene rings is 1. The maximum Gasteiger partial charge on any atom is 0.185 e. The molecule has 0 aliphatic carbocycles. The minimum atomic E-state index is -0.199. The Labute approximate surface area is 123 Å². The summed E-state index contributed by atoms with van der Waals surface area (Å²) >= 11 is 1.70. The quantitative estimate of drug-likeness (QED) is 0.871. The fraction of sp³-hybridized carbons (Fsp3) is 0.400. The van der Waals surface area contributed by atoms with E-state index in [4.69, 9.17) is 0 Å². The Bertz CT molecular complexity index is 564. The van der Waals surface area contributed by atoms with Crippen LogP contribution in [0.15, 0.2) is 24.4 Å². The van der Waals surface area contributed by atoms with Crippen molar-refractivity contribution in [2.24, 2.45) is 0 Å². The molecule has 0 aliphatic heterocycles. The van der Waals surface area contributed by atoms with Crippen LogP contribution in [-0.4, -0.2) is 18.1 Å². The molecule has 0 radical (unpaired) electrons. The van der Waals surface area contributed by atoms with Gasteiger partial charge in [-0.2, -0.15) is 0 Å². The molecule has 0 amide bonds. The average molecular weight is 293 g/mol.